The monoisotopic (exact) mass is 411 g/mol. The fraction of sp³-hybridized carbons (Fsp3) is 0.0526. The van der Waals surface area contributed by atoms with Gasteiger partial charge in [0.1, 0.15) is 5.01 Å². The van der Waals surface area contributed by atoms with Crippen molar-refractivity contribution in [3.63, 3.8) is 0 Å². The average molecular weight is 412 g/mol. The standard InChI is InChI=1S/C19H14ClN5O2S/c20-14-8-4-5-9-15(14)23-18(27)21-11-13-10-16(26)25-19(22-13)28-17(24-25)12-6-2-1-3-7-12/h1-10H,11H2,(H2,21,23,27). The van der Waals surface area contributed by atoms with Crippen molar-refractivity contribution in [2.24, 2.45) is 0 Å². The number of hydrogen-bond donors (Lipinski definition) is 2. The van der Waals surface area contributed by atoms with Crippen LogP contribution in [0.1, 0.15) is 5.69 Å². The summed E-state index contributed by atoms with van der Waals surface area (Å²) in [5, 5.41) is 10.8. The van der Waals surface area contributed by atoms with Crippen LogP contribution in [0.5, 0.6) is 0 Å². The smallest absolute Gasteiger partial charge is 0.319 e. The summed E-state index contributed by atoms with van der Waals surface area (Å²) in [4.78, 5) is 29.3. The molecule has 0 unspecified atom stereocenters. The predicted molar refractivity (Wildman–Crippen MR) is 110 cm³/mol. The van der Waals surface area contributed by atoms with Gasteiger partial charge in [-0.1, -0.05) is 65.4 Å². The van der Waals surface area contributed by atoms with Crippen LogP contribution >= 0.6 is 22.9 Å². The Kier molecular flexibility index (Phi) is 5.05. The number of carbonyl (C=O) groups is 1. The second kappa shape index (κ2) is 7.79. The van der Waals surface area contributed by atoms with Gasteiger partial charge in [-0.25, -0.2) is 9.78 Å². The van der Waals surface area contributed by atoms with Crippen molar-refractivity contribution in [2.75, 3.05) is 5.32 Å². The highest BCUT2D eigenvalue weighted by molar-refractivity contribution is 7.19. The summed E-state index contributed by atoms with van der Waals surface area (Å²) in [6.07, 6.45) is 0. The molecular weight excluding hydrogens is 398 g/mol. The van der Waals surface area contributed by atoms with Gasteiger partial charge in [0.15, 0.2) is 0 Å². The van der Waals surface area contributed by atoms with Crippen molar-refractivity contribution in [1.82, 2.24) is 19.9 Å². The maximum Gasteiger partial charge on any atom is 0.319 e. The lowest BCUT2D eigenvalue weighted by atomic mass is 10.2. The van der Waals surface area contributed by atoms with Crippen molar-refractivity contribution >= 4 is 39.6 Å². The summed E-state index contributed by atoms with van der Waals surface area (Å²) in [5.74, 6) is 0. The van der Waals surface area contributed by atoms with Crippen LogP contribution in [-0.4, -0.2) is 20.6 Å². The molecule has 28 heavy (non-hydrogen) atoms. The molecule has 0 bridgehead atoms. The van der Waals surface area contributed by atoms with E-state index in [2.05, 4.69) is 20.7 Å². The van der Waals surface area contributed by atoms with E-state index >= 15 is 0 Å². The molecule has 2 heterocycles. The van der Waals surface area contributed by atoms with Crippen LogP contribution in [0.2, 0.25) is 5.02 Å². The number of nitrogens with zero attached hydrogens (tertiary/aromatic N) is 3. The first-order valence-corrected chi connectivity index (χ1v) is 9.54. The molecule has 4 rings (SSSR count). The zero-order valence-corrected chi connectivity index (χ0v) is 16.0. The first kappa shape index (κ1) is 18.1. The SMILES string of the molecule is O=C(NCc1cc(=O)n2nc(-c3ccccc3)sc2n1)Nc1ccccc1Cl. The van der Waals surface area contributed by atoms with Crippen molar-refractivity contribution < 1.29 is 4.79 Å². The van der Waals surface area contributed by atoms with E-state index < -0.39 is 6.03 Å². The van der Waals surface area contributed by atoms with E-state index in [9.17, 15) is 9.59 Å². The maximum atomic E-state index is 12.3. The second-order valence-corrected chi connectivity index (χ2v) is 7.20. The van der Waals surface area contributed by atoms with Gasteiger partial charge < -0.3 is 10.6 Å². The van der Waals surface area contributed by atoms with Gasteiger partial charge in [-0.2, -0.15) is 9.61 Å². The van der Waals surface area contributed by atoms with Gasteiger partial charge in [0.2, 0.25) is 4.96 Å². The molecular formula is C19H14ClN5O2S. The minimum absolute atomic E-state index is 0.0978. The van der Waals surface area contributed by atoms with Crippen molar-refractivity contribution in [2.45, 2.75) is 6.54 Å². The van der Waals surface area contributed by atoms with Crippen LogP contribution in [0, 0.1) is 0 Å². The Morgan fingerprint density at radius 1 is 1.11 bits per heavy atom. The molecule has 0 saturated heterocycles. The number of anilines is 1. The topological polar surface area (TPSA) is 88.4 Å². The molecule has 2 amide bonds. The van der Waals surface area contributed by atoms with Crippen LogP contribution < -0.4 is 16.2 Å². The highest BCUT2D eigenvalue weighted by Crippen LogP contribution is 2.24. The number of carbonyl (C=O) groups excluding carboxylic acids is 1. The summed E-state index contributed by atoms with van der Waals surface area (Å²) in [6.45, 7) is 0.0978. The molecule has 2 N–H and O–H groups in total. The fourth-order valence-electron chi connectivity index (χ4n) is 2.54. The van der Waals surface area contributed by atoms with Crippen LogP contribution in [0.25, 0.3) is 15.5 Å². The number of fused-ring (bicyclic) bond motifs is 1. The molecule has 2 aromatic heterocycles. The molecule has 0 aliphatic carbocycles. The lowest BCUT2D eigenvalue weighted by molar-refractivity contribution is 0.251. The van der Waals surface area contributed by atoms with E-state index in [1.807, 2.05) is 30.3 Å². The van der Waals surface area contributed by atoms with E-state index in [4.69, 9.17) is 11.6 Å². The summed E-state index contributed by atoms with van der Waals surface area (Å²) >= 11 is 7.33. The van der Waals surface area contributed by atoms with E-state index in [0.717, 1.165) is 5.56 Å². The van der Waals surface area contributed by atoms with E-state index in [-0.39, 0.29) is 12.1 Å². The van der Waals surface area contributed by atoms with Gasteiger partial charge in [0.05, 0.1) is 22.9 Å². The molecule has 4 aromatic rings. The van der Waals surface area contributed by atoms with Gasteiger partial charge >= 0.3 is 6.03 Å². The first-order chi connectivity index (χ1) is 13.6. The molecule has 0 aliphatic rings. The third kappa shape index (κ3) is 3.88. The number of benzene rings is 2. The average Bonchev–Trinajstić information content (AvgIpc) is 3.14. The summed E-state index contributed by atoms with van der Waals surface area (Å²) in [6, 6.07) is 17.4. The number of hydrogen-bond acceptors (Lipinski definition) is 5. The number of halogens is 1. The van der Waals surface area contributed by atoms with Crippen molar-refractivity contribution in [1.29, 1.82) is 0 Å². The minimum atomic E-state index is -0.440. The first-order valence-electron chi connectivity index (χ1n) is 8.35. The Labute approximate surface area is 168 Å². The molecule has 0 saturated carbocycles. The van der Waals surface area contributed by atoms with Gasteiger partial charge in [-0.05, 0) is 12.1 Å². The Morgan fingerprint density at radius 2 is 1.86 bits per heavy atom. The summed E-state index contributed by atoms with van der Waals surface area (Å²) < 4.78 is 1.26. The molecule has 7 nitrogen and oxygen atoms in total. The lowest BCUT2D eigenvalue weighted by Crippen LogP contribution is -2.29. The number of nitrogens with one attached hydrogen (secondary N) is 2. The van der Waals surface area contributed by atoms with E-state index in [1.165, 1.54) is 21.9 Å². The fourth-order valence-corrected chi connectivity index (χ4v) is 3.66. The Hall–Kier alpha value is -3.23. The zero-order valence-electron chi connectivity index (χ0n) is 14.4. The number of para-hydroxylation sites is 1. The van der Waals surface area contributed by atoms with Gasteiger partial charge in [0.25, 0.3) is 5.56 Å². The zero-order chi connectivity index (χ0) is 19.5. The molecule has 9 heteroatoms. The van der Waals surface area contributed by atoms with Crippen molar-refractivity contribution in [3.05, 3.63) is 81.7 Å². The molecule has 0 atom stereocenters. The van der Waals surface area contributed by atoms with E-state index in [0.29, 0.717) is 26.4 Å². The quantitative estimate of drug-likeness (QED) is 0.534. The maximum absolute atomic E-state index is 12.3. The molecule has 0 spiro atoms. The summed E-state index contributed by atoms with van der Waals surface area (Å²) in [7, 11) is 0. The Bertz CT molecular complexity index is 1210. The molecule has 0 aliphatic heterocycles. The molecule has 140 valence electrons. The number of aromatic nitrogens is 3. The van der Waals surface area contributed by atoms with Crippen LogP contribution in [0.15, 0.2) is 65.5 Å². The van der Waals surface area contributed by atoms with Gasteiger partial charge in [-0.15, -0.1) is 0 Å². The second-order valence-electron chi connectivity index (χ2n) is 5.84. The van der Waals surface area contributed by atoms with Crippen molar-refractivity contribution in [3.8, 4) is 10.6 Å². The number of amides is 2. The Morgan fingerprint density at radius 3 is 2.64 bits per heavy atom. The van der Waals surface area contributed by atoms with Crippen LogP contribution in [0.4, 0.5) is 10.5 Å². The molecule has 0 radical (unpaired) electrons. The van der Waals surface area contributed by atoms with Gasteiger partial charge in [0, 0.05) is 11.6 Å². The highest BCUT2D eigenvalue weighted by atomic mass is 35.5. The normalized spacial score (nSPS) is 10.8. The molecule has 2 aromatic carbocycles. The largest absolute Gasteiger partial charge is 0.332 e. The lowest BCUT2D eigenvalue weighted by Gasteiger charge is -2.08. The van der Waals surface area contributed by atoms with Crippen LogP contribution in [0.3, 0.4) is 0 Å². The van der Waals surface area contributed by atoms with E-state index in [1.54, 1.807) is 24.3 Å². The summed E-state index contributed by atoms with van der Waals surface area (Å²) in [5.41, 5.74) is 1.56. The highest BCUT2D eigenvalue weighted by Gasteiger charge is 2.11. The predicted octanol–water partition coefficient (Wildman–Crippen LogP) is 3.79. The number of rotatable bonds is 4. The Balaban J connectivity index is 1.51. The minimum Gasteiger partial charge on any atom is -0.332 e. The third-order valence-electron chi connectivity index (χ3n) is 3.87. The van der Waals surface area contributed by atoms with Gasteiger partial charge in [-0.3, -0.25) is 4.79 Å². The number of urea groups is 1. The third-order valence-corrected chi connectivity index (χ3v) is 5.16. The molecule has 0 fully saturated rings. The van der Waals surface area contributed by atoms with Crippen LogP contribution in [-0.2, 0) is 6.54 Å².